The molecule has 0 radical (unpaired) electrons. The van der Waals surface area contributed by atoms with Crippen molar-refractivity contribution in [2.24, 2.45) is 0 Å². The number of benzene rings is 2. The number of carbonyl (C=O) groups excluding carboxylic acids is 1. The zero-order valence-corrected chi connectivity index (χ0v) is 18.0. The number of rotatable bonds is 6. The van der Waals surface area contributed by atoms with Crippen molar-refractivity contribution in [1.29, 1.82) is 0 Å². The lowest BCUT2D eigenvalue weighted by Gasteiger charge is -2.38. The zero-order valence-electron chi connectivity index (χ0n) is 18.0. The second-order valence-electron chi connectivity index (χ2n) is 8.27. The molecule has 0 spiro atoms. The van der Waals surface area contributed by atoms with Gasteiger partial charge in [0.1, 0.15) is 5.82 Å². The van der Waals surface area contributed by atoms with Gasteiger partial charge in [0.05, 0.1) is 6.04 Å². The van der Waals surface area contributed by atoms with E-state index in [1.54, 1.807) is 0 Å². The zero-order chi connectivity index (χ0) is 21.6. The summed E-state index contributed by atoms with van der Waals surface area (Å²) in [6.07, 6.45) is 2.04. The molecule has 2 N–H and O–H groups in total. The molecule has 2 saturated heterocycles. The van der Waals surface area contributed by atoms with Gasteiger partial charge in [-0.15, -0.1) is 0 Å². The van der Waals surface area contributed by atoms with Crippen molar-refractivity contribution < 1.29 is 13.9 Å². The molecule has 4 rings (SSSR count). The van der Waals surface area contributed by atoms with Crippen LogP contribution in [0.5, 0.6) is 0 Å². The molecule has 2 heterocycles. The number of nitrogens with zero attached hydrogens (tertiary/aromatic N) is 2. The van der Waals surface area contributed by atoms with Gasteiger partial charge in [0.2, 0.25) is 5.91 Å². The van der Waals surface area contributed by atoms with Crippen molar-refractivity contribution in [3.63, 3.8) is 0 Å². The Morgan fingerprint density at radius 1 is 0.968 bits per heavy atom. The van der Waals surface area contributed by atoms with Gasteiger partial charge in [0, 0.05) is 62.5 Å². The number of piperazine rings is 1. The highest BCUT2D eigenvalue weighted by Crippen LogP contribution is 2.20. The predicted molar refractivity (Wildman–Crippen MR) is 122 cm³/mol. The molecule has 2 aromatic rings. The molecule has 31 heavy (non-hydrogen) atoms. The minimum Gasteiger partial charge on any atom is -0.382 e. The van der Waals surface area contributed by atoms with Crippen LogP contribution in [0.3, 0.4) is 0 Å². The monoisotopic (exact) mass is 426 g/mol. The number of nitrogens with one attached hydrogen (secondary N) is 2. The lowest BCUT2D eigenvalue weighted by Crippen LogP contribution is -2.52. The minimum absolute atomic E-state index is 0.000343. The molecule has 2 aromatic carbocycles. The van der Waals surface area contributed by atoms with E-state index >= 15 is 0 Å². The predicted octanol–water partition coefficient (Wildman–Crippen LogP) is 3.57. The standard InChI is InChI=1S/C24H31FN4O2/c1-18(28-12-14-29(15-13-28)23-8-2-19(25)3-9-23)24(30)27-21-6-4-20(5-7-21)26-22-10-16-31-17-11-22/h2-9,18,22,26H,10-17H2,1H3,(H,27,30). The van der Waals surface area contributed by atoms with Crippen LogP contribution in [-0.2, 0) is 9.53 Å². The molecule has 166 valence electrons. The summed E-state index contributed by atoms with van der Waals surface area (Å²) in [5.41, 5.74) is 2.89. The summed E-state index contributed by atoms with van der Waals surface area (Å²) in [5, 5.41) is 6.57. The van der Waals surface area contributed by atoms with Crippen LogP contribution in [0, 0.1) is 5.82 Å². The van der Waals surface area contributed by atoms with Gasteiger partial charge in [-0.05, 0) is 68.3 Å². The number of hydrogen-bond donors (Lipinski definition) is 2. The minimum atomic E-state index is -0.222. The number of hydrogen-bond acceptors (Lipinski definition) is 5. The van der Waals surface area contributed by atoms with Gasteiger partial charge in [-0.3, -0.25) is 9.69 Å². The molecule has 6 nitrogen and oxygen atoms in total. The molecule has 1 unspecified atom stereocenters. The van der Waals surface area contributed by atoms with Crippen LogP contribution in [0.1, 0.15) is 19.8 Å². The first-order valence-electron chi connectivity index (χ1n) is 11.1. The van der Waals surface area contributed by atoms with Gasteiger partial charge in [0.15, 0.2) is 0 Å². The Hall–Kier alpha value is -2.64. The molecular formula is C24H31FN4O2. The van der Waals surface area contributed by atoms with E-state index in [1.165, 1.54) is 12.1 Å². The van der Waals surface area contributed by atoms with Gasteiger partial charge in [-0.25, -0.2) is 4.39 Å². The number of amides is 1. The van der Waals surface area contributed by atoms with E-state index in [0.717, 1.165) is 69.3 Å². The van der Waals surface area contributed by atoms with E-state index in [-0.39, 0.29) is 17.8 Å². The lowest BCUT2D eigenvalue weighted by molar-refractivity contribution is -0.120. The van der Waals surface area contributed by atoms with E-state index in [2.05, 4.69) is 20.4 Å². The molecule has 2 aliphatic heterocycles. The summed E-state index contributed by atoms with van der Waals surface area (Å²) >= 11 is 0. The van der Waals surface area contributed by atoms with Crippen LogP contribution in [-0.4, -0.2) is 62.3 Å². The molecule has 7 heteroatoms. The Kier molecular flexibility index (Phi) is 7.04. The van der Waals surface area contributed by atoms with Crippen LogP contribution >= 0.6 is 0 Å². The van der Waals surface area contributed by atoms with E-state index in [9.17, 15) is 9.18 Å². The first kappa shape index (κ1) is 21.6. The first-order valence-corrected chi connectivity index (χ1v) is 11.1. The quantitative estimate of drug-likeness (QED) is 0.740. The van der Waals surface area contributed by atoms with Crippen molar-refractivity contribution in [3.8, 4) is 0 Å². The molecular weight excluding hydrogens is 395 g/mol. The maximum atomic E-state index is 13.1. The van der Waals surface area contributed by atoms with Gasteiger partial charge in [-0.2, -0.15) is 0 Å². The first-order chi connectivity index (χ1) is 15.1. The lowest BCUT2D eigenvalue weighted by atomic mass is 10.1. The Labute approximate surface area is 183 Å². The van der Waals surface area contributed by atoms with Crippen molar-refractivity contribution in [1.82, 2.24) is 4.90 Å². The van der Waals surface area contributed by atoms with Crippen LogP contribution in [0.25, 0.3) is 0 Å². The van der Waals surface area contributed by atoms with Gasteiger partial charge in [-0.1, -0.05) is 0 Å². The molecule has 0 saturated carbocycles. The molecule has 0 bridgehead atoms. The summed E-state index contributed by atoms with van der Waals surface area (Å²) < 4.78 is 18.5. The Morgan fingerprint density at radius 3 is 2.23 bits per heavy atom. The fourth-order valence-corrected chi connectivity index (χ4v) is 4.16. The topological polar surface area (TPSA) is 56.8 Å². The SMILES string of the molecule is CC(C(=O)Nc1ccc(NC2CCOCC2)cc1)N1CCN(c2ccc(F)cc2)CC1. The third-order valence-electron chi connectivity index (χ3n) is 6.18. The molecule has 2 aliphatic rings. The molecule has 1 atom stereocenters. The molecule has 1 amide bonds. The maximum absolute atomic E-state index is 13.1. The second kappa shape index (κ2) is 10.1. The van der Waals surface area contributed by atoms with Gasteiger partial charge >= 0.3 is 0 Å². The average molecular weight is 427 g/mol. The summed E-state index contributed by atoms with van der Waals surface area (Å²) in [4.78, 5) is 17.2. The van der Waals surface area contributed by atoms with Crippen LogP contribution < -0.4 is 15.5 Å². The number of anilines is 3. The van der Waals surface area contributed by atoms with E-state index in [4.69, 9.17) is 4.74 Å². The fraction of sp³-hybridized carbons (Fsp3) is 0.458. The fourth-order valence-electron chi connectivity index (χ4n) is 4.16. The van der Waals surface area contributed by atoms with E-state index < -0.39 is 0 Å². The summed E-state index contributed by atoms with van der Waals surface area (Å²) in [6, 6.07) is 14.7. The van der Waals surface area contributed by atoms with E-state index in [1.807, 2.05) is 43.3 Å². The third-order valence-corrected chi connectivity index (χ3v) is 6.18. The Balaban J connectivity index is 1.25. The maximum Gasteiger partial charge on any atom is 0.241 e. The van der Waals surface area contributed by atoms with Gasteiger partial charge < -0.3 is 20.3 Å². The van der Waals surface area contributed by atoms with E-state index in [0.29, 0.717) is 6.04 Å². The average Bonchev–Trinajstić information content (AvgIpc) is 2.81. The summed E-state index contributed by atoms with van der Waals surface area (Å²) in [7, 11) is 0. The van der Waals surface area contributed by atoms with Gasteiger partial charge in [0.25, 0.3) is 0 Å². The van der Waals surface area contributed by atoms with Crippen LogP contribution in [0.2, 0.25) is 0 Å². The molecule has 0 aliphatic carbocycles. The highest BCUT2D eigenvalue weighted by molar-refractivity contribution is 5.94. The van der Waals surface area contributed by atoms with Crippen molar-refractivity contribution >= 4 is 23.0 Å². The van der Waals surface area contributed by atoms with Crippen LogP contribution in [0.4, 0.5) is 21.5 Å². The number of ether oxygens (including phenoxy) is 1. The second-order valence-corrected chi connectivity index (χ2v) is 8.27. The molecule has 2 fully saturated rings. The van der Waals surface area contributed by atoms with Crippen molar-refractivity contribution in [2.45, 2.75) is 31.8 Å². The van der Waals surface area contributed by atoms with Crippen molar-refractivity contribution in [3.05, 3.63) is 54.3 Å². The van der Waals surface area contributed by atoms with Crippen molar-refractivity contribution in [2.75, 3.05) is 54.9 Å². The molecule has 0 aromatic heterocycles. The van der Waals surface area contributed by atoms with Crippen LogP contribution in [0.15, 0.2) is 48.5 Å². The highest BCUT2D eigenvalue weighted by Gasteiger charge is 2.25. The normalized spacial score (nSPS) is 19.1. The summed E-state index contributed by atoms with van der Waals surface area (Å²) in [5.74, 6) is -0.222. The summed E-state index contributed by atoms with van der Waals surface area (Å²) in [6.45, 7) is 6.78. The smallest absolute Gasteiger partial charge is 0.241 e. The Bertz CT molecular complexity index is 845. The largest absolute Gasteiger partial charge is 0.382 e. The number of carbonyl (C=O) groups is 1. The number of halogens is 1. The Morgan fingerprint density at radius 2 is 1.58 bits per heavy atom. The highest BCUT2D eigenvalue weighted by atomic mass is 19.1. The third kappa shape index (κ3) is 5.74.